The summed E-state index contributed by atoms with van der Waals surface area (Å²) < 4.78 is 11.7. The van der Waals surface area contributed by atoms with Crippen molar-refractivity contribution in [1.82, 2.24) is 0 Å². The summed E-state index contributed by atoms with van der Waals surface area (Å²) in [5.74, 6) is 0.261. The molecule has 0 saturated carbocycles. The number of hydrogen-bond acceptors (Lipinski definition) is 2. The van der Waals surface area contributed by atoms with Crippen LogP contribution in [0.5, 0.6) is 0 Å². The van der Waals surface area contributed by atoms with E-state index >= 15 is 0 Å². The fourth-order valence-electron chi connectivity index (χ4n) is 1.05. The number of nitriles is 1. The molecule has 2 atom stereocenters. The molecule has 1 aromatic carbocycles. The normalized spacial score (nSPS) is 14.4. The van der Waals surface area contributed by atoms with Gasteiger partial charge in [0.25, 0.3) is 0 Å². The van der Waals surface area contributed by atoms with Crippen LogP contribution in [0.2, 0.25) is 0 Å². The average molecular weight is 207 g/mol. The van der Waals surface area contributed by atoms with Crippen molar-refractivity contribution in [3.63, 3.8) is 0 Å². The van der Waals surface area contributed by atoms with E-state index < -0.39 is 10.8 Å². The van der Waals surface area contributed by atoms with Crippen molar-refractivity contribution >= 4 is 10.8 Å². The zero-order valence-electron chi connectivity index (χ0n) is 8.36. The van der Waals surface area contributed by atoms with Gasteiger partial charge in [-0.15, -0.1) is 0 Å². The van der Waals surface area contributed by atoms with Crippen LogP contribution in [0.4, 0.5) is 0 Å². The molecule has 0 saturated heterocycles. The smallest absolute Gasteiger partial charge is 0.0662 e. The first-order chi connectivity index (χ1) is 6.63. The third kappa shape index (κ3) is 2.97. The van der Waals surface area contributed by atoms with E-state index in [9.17, 15) is 4.21 Å². The van der Waals surface area contributed by atoms with Gasteiger partial charge in [0.1, 0.15) is 0 Å². The molecule has 3 heteroatoms. The molecule has 0 N–H and O–H groups in total. The van der Waals surface area contributed by atoms with Gasteiger partial charge in [-0.05, 0) is 26.0 Å². The predicted octanol–water partition coefficient (Wildman–Crippen LogP) is 2.26. The van der Waals surface area contributed by atoms with E-state index in [1.54, 1.807) is 6.92 Å². The molecular weight excluding hydrogens is 194 g/mol. The lowest BCUT2D eigenvalue weighted by atomic mass is 10.2. The lowest BCUT2D eigenvalue weighted by Crippen LogP contribution is -2.05. The molecule has 0 heterocycles. The van der Waals surface area contributed by atoms with Crippen LogP contribution in [0.15, 0.2) is 29.2 Å². The van der Waals surface area contributed by atoms with Crippen molar-refractivity contribution in [1.29, 1.82) is 5.26 Å². The van der Waals surface area contributed by atoms with Crippen LogP contribution >= 0.6 is 0 Å². The minimum atomic E-state index is -1.04. The van der Waals surface area contributed by atoms with Gasteiger partial charge in [0.05, 0.1) is 22.8 Å². The third-order valence-electron chi connectivity index (χ3n) is 1.91. The van der Waals surface area contributed by atoms with Gasteiger partial charge < -0.3 is 0 Å². The number of aryl methyl sites for hydroxylation is 1. The lowest BCUT2D eigenvalue weighted by molar-refractivity contribution is 0.676. The minimum absolute atomic E-state index is 0.155. The first-order valence-corrected chi connectivity index (χ1v) is 5.80. The largest absolute Gasteiger partial charge is 0.254 e. The molecule has 2 unspecified atom stereocenters. The molecule has 0 aliphatic heterocycles. The molecule has 0 bridgehead atoms. The van der Waals surface area contributed by atoms with E-state index in [2.05, 4.69) is 6.07 Å². The number of nitrogens with zero attached hydrogens (tertiary/aromatic N) is 1. The summed E-state index contributed by atoms with van der Waals surface area (Å²) in [6, 6.07) is 9.67. The Balaban J connectivity index is 2.71. The summed E-state index contributed by atoms with van der Waals surface area (Å²) in [6.45, 7) is 3.77. The van der Waals surface area contributed by atoms with Gasteiger partial charge >= 0.3 is 0 Å². The average Bonchev–Trinajstić information content (AvgIpc) is 2.18. The summed E-state index contributed by atoms with van der Waals surface area (Å²) >= 11 is 0. The Morgan fingerprint density at radius 2 is 2.00 bits per heavy atom. The Morgan fingerprint density at radius 3 is 2.50 bits per heavy atom. The molecule has 0 spiro atoms. The minimum Gasteiger partial charge on any atom is -0.254 e. The third-order valence-corrected chi connectivity index (χ3v) is 3.51. The van der Waals surface area contributed by atoms with Crippen molar-refractivity contribution in [2.75, 3.05) is 5.75 Å². The highest BCUT2D eigenvalue weighted by Crippen LogP contribution is 2.10. The maximum atomic E-state index is 11.7. The van der Waals surface area contributed by atoms with Crippen molar-refractivity contribution in [2.45, 2.75) is 18.7 Å². The number of hydrogen-bond donors (Lipinski definition) is 0. The molecule has 1 aromatic rings. The molecule has 0 fully saturated rings. The van der Waals surface area contributed by atoms with E-state index in [1.165, 1.54) is 0 Å². The lowest BCUT2D eigenvalue weighted by Gasteiger charge is -2.03. The van der Waals surface area contributed by atoms with Gasteiger partial charge in [-0.3, -0.25) is 4.21 Å². The monoisotopic (exact) mass is 207 g/mol. The Bertz CT molecular complexity index is 364. The Labute approximate surface area is 87.0 Å². The first-order valence-electron chi connectivity index (χ1n) is 4.48. The fraction of sp³-hybridized carbons (Fsp3) is 0.364. The molecule has 1 rings (SSSR count). The van der Waals surface area contributed by atoms with E-state index in [0.717, 1.165) is 10.5 Å². The van der Waals surface area contributed by atoms with Gasteiger partial charge in [0.15, 0.2) is 0 Å². The molecule has 0 aliphatic carbocycles. The van der Waals surface area contributed by atoms with Gasteiger partial charge in [-0.1, -0.05) is 17.7 Å². The highest BCUT2D eigenvalue weighted by atomic mass is 32.2. The number of rotatable bonds is 3. The van der Waals surface area contributed by atoms with Crippen LogP contribution in [0.1, 0.15) is 12.5 Å². The molecule has 0 aromatic heterocycles. The van der Waals surface area contributed by atoms with Crippen LogP contribution < -0.4 is 0 Å². The summed E-state index contributed by atoms with van der Waals surface area (Å²) in [4.78, 5) is 0.803. The Morgan fingerprint density at radius 1 is 1.43 bits per heavy atom. The quantitative estimate of drug-likeness (QED) is 0.762. The highest BCUT2D eigenvalue weighted by molar-refractivity contribution is 7.85. The molecule has 0 aliphatic rings. The van der Waals surface area contributed by atoms with E-state index in [4.69, 9.17) is 5.26 Å². The van der Waals surface area contributed by atoms with Crippen molar-refractivity contribution in [2.24, 2.45) is 5.92 Å². The van der Waals surface area contributed by atoms with Crippen LogP contribution in [0.25, 0.3) is 0 Å². The highest BCUT2D eigenvalue weighted by Gasteiger charge is 2.08. The van der Waals surface area contributed by atoms with Crippen LogP contribution in [0, 0.1) is 24.2 Å². The van der Waals surface area contributed by atoms with Crippen molar-refractivity contribution in [3.8, 4) is 6.07 Å². The summed E-state index contributed by atoms with van der Waals surface area (Å²) in [7, 11) is -1.04. The van der Waals surface area contributed by atoms with Gasteiger partial charge in [-0.25, -0.2) is 0 Å². The van der Waals surface area contributed by atoms with E-state index in [-0.39, 0.29) is 5.92 Å². The predicted molar refractivity (Wildman–Crippen MR) is 57.2 cm³/mol. The van der Waals surface area contributed by atoms with Crippen LogP contribution in [-0.4, -0.2) is 9.96 Å². The maximum Gasteiger partial charge on any atom is 0.0662 e. The van der Waals surface area contributed by atoms with Crippen molar-refractivity contribution in [3.05, 3.63) is 29.8 Å². The second kappa shape index (κ2) is 4.92. The molecule has 74 valence electrons. The van der Waals surface area contributed by atoms with Crippen LogP contribution in [0.3, 0.4) is 0 Å². The first kappa shape index (κ1) is 10.9. The summed E-state index contributed by atoms with van der Waals surface area (Å²) in [5, 5.41) is 8.59. The second-order valence-corrected chi connectivity index (χ2v) is 4.85. The zero-order chi connectivity index (χ0) is 10.6. The van der Waals surface area contributed by atoms with Gasteiger partial charge in [0.2, 0.25) is 0 Å². The fourth-order valence-corrected chi connectivity index (χ4v) is 2.21. The van der Waals surface area contributed by atoms with Crippen molar-refractivity contribution < 1.29 is 4.21 Å². The zero-order valence-corrected chi connectivity index (χ0v) is 9.17. The van der Waals surface area contributed by atoms with E-state index in [0.29, 0.717) is 5.75 Å². The molecular formula is C11H13NOS. The van der Waals surface area contributed by atoms with E-state index in [1.807, 2.05) is 31.2 Å². The molecule has 0 radical (unpaired) electrons. The summed E-state index contributed by atoms with van der Waals surface area (Å²) in [5.41, 5.74) is 1.15. The SMILES string of the molecule is Cc1ccc(S(=O)CC(C)C#N)cc1. The van der Waals surface area contributed by atoms with Gasteiger partial charge in [0, 0.05) is 10.6 Å². The maximum absolute atomic E-state index is 11.7. The Kier molecular flexibility index (Phi) is 3.84. The molecule has 14 heavy (non-hydrogen) atoms. The summed E-state index contributed by atoms with van der Waals surface area (Å²) in [6.07, 6.45) is 0. The molecule has 0 amide bonds. The number of benzene rings is 1. The topological polar surface area (TPSA) is 40.9 Å². The standard InChI is InChI=1S/C11H13NOS/c1-9-3-5-11(6-4-9)14(13)8-10(2)7-12/h3-6,10H,8H2,1-2H3. The van der Waals surface area contributed by atoms with Crippen LogP contribution in [-0.2, 0) is 10.8 Å². The Hall–Kier alpha value is -1.14. The second-order valence-electron chi connectivity index (χ2n) is 3.36. The van der Waals surface area contributed by atoms with Gasteiger partial charge in [-0.2, -0.15) is 5.26 Å². The molecule has 2 nitrogen and oxygen atoms in total.